The lowest BCUT2D eigenvalue weighted by Gasteiger charge is -2.30. The first-order valence-corrected chi connectivity index (χ1v) is 5.43. The first-order valence-electron chi connectivity index (χ1n) is 5.43. The van der Waals surface area contributed by atoms with E-state index in [0.717, 1.165) is 0 Å². The summed E-state index contributed by atoms with van der Waals surface area (Å²) in [7, 11) is 0. The van der Waals surface area contributed by atoms with Crippen molar-refractivity contribution in [1.82, 2.24) is 0 Å². The predicted octanol–water partition coefficient (Wildman–Crippen LogP) is 4.75. The largest absolute Gasteiger partial charge is 0.0877 e. The zero-order valence-electron chi connectivity index (χ0n) is 10.5. The molecule has 0 spiro atoms. The highest BCUT2D eigenvalue weighted by molar-refractivity contribution is 5.29. The number of hydrogen-bond donors (Lipinski definition) is 0. The van der Waals surface area contributed by atoms with E-state index in [2.05, 4.69) is 65.0 Å². The van der Waals surface area contributed by atoms with Gasteiger partial charge in [0.1, 0.15) is 0 Å². The van der Waals surface area contributed by atoms with E-state index in [4.69, 9.17) is 0 Å². The van der Waals surface area contributed by atoms with Gasteiger partial charge in [-0.1, -0.05) is 58.1 Å². The average Bonchev–Trinajstić information content (AvgIpc) is 2.11. The summed E-state index contributed by atoms with van der Waals surface area (Å²) in [6.07, 6.45) is 10.7. The lowest BCUT2D eigenvalue weighted by Crippen LogP contribution is -2.20. The minimum absolute atomic E-state index is 0.242. The molecule has 0 fully saturated rings. The van der Waals surface area contributed by atoms with Gasteiger partial charge in [-0.25, -0.2) is 0 Å². The maximum absolute atomic E-state index is 2.30. The maximum atomic E-state index is 2.30. The molecule has 0 nitrogen and oxygen atoms in total. The van der Waals surface area contributed by atoms with Gasteiger partial charge >= 0.3 is 0 Å². The van der Waals surface area contributed by atoms with Gasteiger partial charge in [0.2, 0.25) is 0 Å². The second-order valence-electron chi connectivity index (χ2n) is 4.52. The van der Waals surface area contributed by atoms with Gasteiger partial charge in [-0.05, 0) is 30.8 Å². The molecule has 0 amide bonds. The Labute approximate surface area is 89.4 Å². The van der Waals surface area contributed by atoms with Gasteiger partial charge in [0.25, 0.3) is 0 Å². The summed E-state index contributed by atoms with van der Waals surface area (Å²) in [6, 6.07) is 0. The summed E-state index contributed by atoms with van der Waals surface area (Å²) in [4.78, 5) is 0. The van der Waals surface area contributed by atoms with Gasteiger partial charge < -0.3 is 0 Å². The molecule has 0 aliphatic rings. The van der Waals surface area contributed by atoms with Crippen molar-refractivity contribution in [2.75, 3.05) is 0 Å². The first-order chi connectivity index (χ1) is 6.46. The van der Waals surface area contributed by atoms with Gasteiger partial charge in [0.15, 0.2) is 0 Å². The monoisotopic (exact) mass is 192 g/mol. The molecule has 0 aromatic rings. The Kier molecular flexibility index (Phi) is 5.52. The number of hydrogen-bond acceptors (Lipinski definition) is 0. The molecule has 0 saturated carbocycles. The number of rotatable bonds is 4. The highest BCUT2D eigenvalue weighted by atomic mass is 14.3. The Morgan fingerprint density at radius 2 is 1.64 bits per heavy atom. The van der Waals surface area contributed by atoms with E-state index < -0.39 is 0 Å². The van der Waals surface area contributed by atoms with Crippen molar-refractivity contribution in [2.24, 2.45) is 11.3 Å². The predicted molar refractivity (Wildman–Crippen MR) is 66.3 cm³/mol. The van der Waals surface area contributed by atoms with Crippen LogP contribution in [0.1, 0.15) is 41.5 Å². The summed E-state index contributed by atoms with van der Waals surface area (Å²) in [5.74, 6) is 0.648. The van der Waals surface area contributed by atoms with Crippen LogP contribution in [0.15, 0.2) is 36.0 Å². The van der Waals surface area contributed by atoms with Crippen molar-refractivity contribution < 1.29 is 0 Å². The van der Waals surface area contributed by atoms with Crippen LogP contribution in [0.5, 0.6) is 0 Å². The molecular weight excluding hydrogens is 168 g/mol. The van der Waals surface area contributed by atoms with Crippen molar-refractivity contribution in [1.29, 1.82) is 0 Å². The molecule has 0 aliphatic carbocycles. The Morgan fingerprint density at radius 3 is 2.00 bits per heavy atom. The molecule has 0 aliphatic heterocycles. The van der Waals surface area contributed by atoms with Gasteiger partial charge in [-0.3, -0.25) is 0 Å². The first kappa shape index (κ1) is 13.2. The Bertz CT molecular complexity index is 237. The van der Waals surface area contributed by atoms with Crippen molar-refractivity contribution >= 4 is 0 Å². The summed E-state index contributed by atoms with van der Waals surface area (Å²) in [5.41, 5.74) is 1.64. The van der Waals surface area contributed by atoms with E-state index in [0.29, 0.717) is 5.92 Å². The molecule has 0 rings (SSSR count). The zero-order valence-corrected chi connectivity index (χ0v) is 10.5. The van der Waals surface area contributed by atoms with Gasteiger partial charge in [-0.2, -0.15) is 0 Å². The fourth-order valence-corrected chi connectivity index (χ4v) is 1.20. The van der Waals surface area contributed by atoms with Crippen LogP contribution in [0.3, 0.4) is 0 Å². The quantitative estimate of drug-likeness (QED) is 0.564. The zero-order chi connectivity index (χ0) is 11.2. The Morgan fingerprint density at radius 1 is 1.07 bits per heavy atom. The van der Waals surface area contributed by atoms with E-state index in [1.165, 1.54) is 5.57 Å². The topological polar surface area (TPSA) is 0 Å². The van der Waals surface area contributed by atoms with Crippen molar-refractivity contribution in [3.63, 3.8) is 0 Å². The SMILES string of the molecule is C\C=C/C=C(\C=C/C)C(C)(C)C(C)C. The Hall–Kier alpha value is -0.780. The Balaban J connectivity index is 5.00. The maximum Gasteiger partial charge on any atom is -0.00807 e. The molecule has 0 N–H and O–H groups in total. The highest BCUT2D eigenvalue weighted by Crippen LogP contribution is 2.35. The molecule has 14 heavy (non-hydrogen) atoms. The van der Waals surface area contributed by atoms with Crippen LogP contribution in [0.25, 0.3) is 0 Å². The molecule has 80 valence electrons. The van der Waals surface area contributed by atoms with Gasteiger partial charge in [-0.15, -0.1) is 0 Å². The molecule has 0 radical (unpaired) electrons. The van der Waals surface area contributed by atoms with Crippen LogP contribution in [0.4, 0.5) is 0 Å². The lowest BCUT2D eigenvalue weighted by molar-refractivity contribution is 0.317. The van der Waals surface area contributed by atoms with Crippen molar-refractivity contribution in [3.05, 3.63) is 36.0 Å². The summed E-state index contributed by atoms with van der Waals surface area (Å²) in [5, 5.41) is 0. The second-order valence-corrected chi connectivity index (χ2v) is 4.52. The van der Waals surface area contributed by atoms with E-state index in [-0.39, 0.29) is 5.41 Å². The molecule has 0 bridgehead atoms. The number of allylic oxidation sites excluding steroid dienone is 6. The van der Waals surface area contributed by atoms with E-state index in [9.17, 15) is 0 Å². The lowest BCUT2D eigenvalue weighted by atomic mass is 9.74. The minimum atomic E-state index is 0.242. The van der Waals surface area contributed by atoms with Gasteiger partial charge in [0, 0.05) is 0 Å². The molecule has 0 atom stereocenters. The smallest absolute Gasteiger partial charge is 0.00807 e. The van der Waals surface area contributed by atoms with Crippen LogP contribution >= 0.6 is 0 Å². The van der Waals surface area contributed by atoms with E-state index in [1.54, 1.807) is 0 Å². The molecule has 0 saturated heterocycles. The normalized spacial score (nSPS) is 14.9. The summed E-state index contributed by atoms with van der Waals surface area (Å²) >= 11 is 0. The van der Waals surface area contributed by atoms with Crippen LogP contribution in [0, 0.1) is 11.3 Å². The van der Waals surface area contributed by atoms with E-state index >= 15 is 0 Å². The summed E-state index contributed by atoms with van der Waals surface area (Å²) in [6.45, 7) is 13.3. The summed E-state index contributed by atoms with van der Waals surface area (Å²) < 4.78 is 0. The van der Waals surface area contributed by atoms with Crippen molar-refractivity contribution in [3.8, 4) is 0 Å². The second kappa shape index (κ2) is 5.85. The van der Waals surface area contributed by atoms with Crippen molar-refractivity contribution in [2.45, 2.75) is 41.5 Å². The van der Waals surface area contributed by atoms with Crippen LogP contribution in [-0.2, 0) is 0 Å². The minimum Gasteiger partial charge on any atom is -0.0877 e. The van der Waals surface area contributed by atoms with Crippen LogP contribution < -0.4 is 0 Å². The van der Waals surface area contributed by atoms with E-state index in [1.807, 2.05) is 6.92 Å². The fourth-order valence-electron chi connectivity index (χ4n) is 1.20. The molecule has 0 aromatic carbocycles. The average molecular weight is 192 g/mol. The molecule has 0 heterocycles. The standard InChI is InChI=1S/C14H24/c1-7-9-11-13(10-8-2)14(5,6)12(3)4/h7-12H,1-6H3/b9-7-,10-8-,13-11+. The molecule has 0 aromatic heterocycles. The van der Waals surface area contributed by atoms with Crippen LogP contribution in [-0.4, -0.2) is 0 Å². The third-order valence-electron chi connectivity index (χ3n) is 3.00. The third-order valence-corrected chi connectivity index (χ3v) is 3.00. The molecular formula is C14H24. The highest BCUT2D eigenvalue weighted by Gasteiger charge is 2.24. The third kappa shape index (κ3) is 3.53. The van der Waals surface area contributed by atoms with Crippen LogP contribution in [0.2, 0.25) is 0 Å². The molecule has 0 heteroatoms. The van der Waals surface area contributed by atoms with Gasteiger partial charge in [0.05, 0.1) is 0 Å². The fraction of sp³-hybridized carbons (Fsp3) is 0.571. The molecule has 0 unspecified atom stereocenters.